The van der Waals surface area contributed by atoms with Crippen LogP contribution in [0.4, 0.5) is 0 Å². The summed E-state index contributed by atoms with van der Waals surface area (Å²) in [6.45, 7) is 6.38. The molecule has 0 spiro atoms. The third-order valence-corrected chi connectivity index (χ3v) is 4.60. The van der Waals surface area contributed by atoms with Gasteiger partial charge in [0.15, 0.2) is 0 Å². The lowest BCUT2D eigenvalue weighted by atomic mass is 10.0. The molecule has 138 valence electrons. The summed E-state index contributed by atoms with van der Waals surface area (Å²) in [5.41, 5.74) is 0. The number of carbonyl (C=O) groups excluding carboxylic acids is 1. The number of rotatable bonds is 17. The Bertz CT molecular complexity index is 250. The van der Waals surface area contributed by atoms with E-state index in [1.165, 1.54) is 83.5 Å². The zero-order chi connectivity index (χ0) is 17.2. The lowest BCUT2D eigenvalue weighted by molar-refractivity contribution is -0.149. The van der Waals surface area contributed by atoms with Gasteiger partial charge in [0.2, 0.25) is 0 Å². The lowest BCUT2D eigenvalue weighted by Crippen LogP contribution is -2.17. The zero-order valence-corrected chi connectivity index (χ0v) is 16.2. The topological polar surface area (TPSA) is 26.3 Å². The number of hydrogen-bond donors (Lipinski definition) is 0. The van der Waals surface area contributed by atoms with Crippen molar-refractivity contribution in [2.24, 2.45) is 0 Å². The summed E-state index contributed by atoms with van der Waals surface area (Å²) < 4.78 is 5.61. The molecule has 2 nitrogen and oxygen atoms in total. The predicted molar refractivity (Wildman–Crippen MR) is 101 cm³/mol. The number of esters is 1. The standard InChI is InChI=1S/C21H42O2/c1-4-7-9-11-12-13-14-15-17-19-20(23-21(22)6-3)18-16-10-8-5-2/h20H,4-19H2,1-3H3. The van der Waals surface area contributed by atoms with Gasteiger partial charge in [0.25, 0.3) is 0 Å². The molecule has 0 aromatic rings. The van der Waals surface area contributed by atoms with Crippen LogP contribution >= 0.6 is 0 Å². The third kappa shape index (κ3) is 16.1. The van der Waals surface area contributed by atoms with Gasteiger partial charge in [-0.05, 0) is 25.7 Å². The average Bonchev–Trinajstić information content (AvgIpc) is 2.56. The molecule has 23 heavy (non-hydrogen) atoms. The Morgan fingerprint density at radius 1 is 0.652 bits per heavy atom. The summed E-state index contributed by atoms with van der Waals surface area (Å²) in [4.78, 5) is 11.5. The third-order valence-electron chi connectivity index (χ3n) is 4.60. The zero-order valence-electron chi connectivity index (χ0n) is 16.2. The first-order valence-corrected chi connectivity index (χ1v) is 10.4. The highest BCUT2D eigenvalue weighted by molar-refractivity contribution is 5.69. The van der Waals surface area contributed by atoms with Crippen molar-refractivity contribution in [2.75, 3.05) is 0 Å². The van der Waals surface area contributed by atoms with E-state index in [9.17, 15) is 4.79 Å². The van der Waals surface area contributed by atoms with E-state index in [0.717, 1.165) is 12.8 Å². The van der Waals surface area contributed by atoms with E-state index in [4.69, 9.17) is 4.74 Å². The highest BCUT2D eigenvalue weighted by Gasteiger charge is 2.12. The van der Waals surface area contributed by atoms with Crippen LogP contribution in [0.25, 0.3) is 0 Å². The van der Waals surface area contributed by atoms with Gasteiger partial charge in [-0.15, -0.1) is 0 Å². The number of ether oxygens (including phenoxy) is 1. The van der Waals surface area contributed by atoms with Crippen LogP contribution in [0.5, 0.6) is 0 Å². The van der Waals surface area contributed by atoms with Crippen LogP contribution in [0.15, 0.2) is 0 Å². The molecule has 0 aliphatic carbocycles. The first-order valence-electron chi connectivity index (χ1n) is 10.4. The Labute approximate surface area is 145 Å². The van der Waals surface area contributed by atoms with Gasteiger partial charge in [0.1, 0.15) is 6.10 Å². The van der Waals surface area contributed by atoms with Crippen molar-refractivity contribution in [1.29, 1.82) is 0 Å². The van der Waals surface area contributed by atoms with Crippen LogP contribution in [-0.4, -0.2) is 12.1 Å². The van der Waals surface area contributed by atoms with Gasteiger partial charge in [-0.2, -0.15) is 0 Å². The summed E-state index contributed by atoms with van der Waals surface area (Å²) in [5.74, 6) is -0.0265. The summed E-state index contributed by atoms with van der Waals surface area (Å²) in [6.07, 6.45) is 20.0. The van der Waals surface area contributed by atoms with Crippen molar-refractivity contribution in [1.82, 2.24) is 0 Å². The fourth-order valence-corrected chi connectivity index (χ4v) is 3.01. The van der Waals surface area contributed by atoms with Crippen molar-refractivity contribution in [3.63, 3.8) is 0 Å². The second-order valence-electron chi connectivity index (χ2n) is 6.93. The van der Waals surface area contributed by atoms with E-state index < -0.39 is 0 Å². The molecule has 0 saturated carbocycles. The SMILES string of the molecule is CCCCCCCCCCCC(CCCCCC)OC(=O)CC. The van der Waals surface area contributed by atoms with Crippen molar-refractivity contribution in [2.45, 2.75) is 130 Å². The Morgan fingerprint density at radius 3 is 1.48 bits per heavy atom. The molecule has 0 aromatic heterocycles. The molecular weight excluding hydrogens is 284 g/mol. The van der Waals surface area contributed by atoms with Gasteiger partial charge in [-0.25, -0.2) is 0 Å². The minimum absolute atomic E-state index is 0.0265. The molecule has 0 N–H and O–H groups in total. The van der Waals surface area contributed by atoms with Gasteiger partial charge < -0.3 is 4.74 Å². The Morgan fingerprint density at radius 2 is 1.04 bits per heavy atom. The first-order chi connectivity index (χ1) is 11.2. The second-order valence-corrected chi connectivity index (χ2v) is 6.93. The maximum Gasteiger partial charge on any atom is 0.305 e. The summed E-state index contributed by atoms with van der Waals surface area (Å²) in [5, 5.41) is 0. The van der Waals surface area contributed by atoms with Crippen molar-refractivity contribution in [3.05, 3.63) is 0 Å². The number of hydrogen-bond acceptors (Lipinski definition) is 2. The second kappa shape index (κ2) is 17.8. The molecule has 0 fully saturated rings. The molecule has 0 aliphatic rings. The minimum Gasteiger partial charge on any atom is -0.462 e. The van der Waals surface area contributed by atoms with E-state index in [-0.39, 0.29) is 12.1 Å². The molecule has 0 heterocycles. The van der Waals surface area contributed by atoms with Gasteiger partial charge in [0.05, 0.1) is 0 Å². The molecule has 0 radical (unpaired) electrons. The molecule has 0 aromatic carbocycles. The van der Waals surface area contributed by atoms with Crippen molar-refractivity contribution < 1.29 is 9.53 Å². The molecule has 1 unspecified atom stereocenters. The summed E-state index contributed by atoms with van der Waals surface area (Å²) in [6, 6.07) is 0. The maximum absolute atomic E-state index is 11.5. The predicted octanol–water partition coefficient (Wildman–Crippen LogP) is 7.20. The van der Waals surface area contributed by atoms with E-state index in [1.807, 2.05) is 6.92 Å². The molecular formula is C21H42O2. The van der Waals surface area contributed by atoms with Crippen molar-refractivity contribution >= 4 is 5.97 Å². The highest BCUT2D eigenvalue weighted by atomic mass is 16.5. The largest absolute Gasteiger partial charge is 0.462 e. The first kappa shape index (κ1) is 22.5. The smallest absolute Gasteiger partial charge is 0.305 e. The Kier molecular flexibility index (Phi) is 17.4. The quantitative estimate of drug-likeness (QED) is 0.209. The van der Waals surface area contributed by atoms with Crippen LogP contribution in [-0.2, 0) is 9.53 Å². The van der Waals surface area contributed by atoms with E-state index >= 15 is 0 Å². The van der Waals surface area contributed by atoms with Crippen LogP contribution in [0.3, 0.4) is 0 Å². The van der Waals surface area contributed by atoms with E-state index in [1.54, 1.807) is 0 Å². The molecule has 0 rings (SSSR count). The summed E-state index contributed by atoms with van der Waals surface area (Å²) >= 11 is 0. The number of unbranched alkanes of at least 4 members (excludes halogenated alkanes) is 11. The van der Waals surface area contributed by atoms with Gasteiger partial charge >= 0.3 is 5.97 Å². The van der Waals surface area contributed by atoms with Crippen molar-refractivity contribution in [3.8, 4) is 0 Å². The van der Waals surface area contributed by atoms with E-state index in [0.29, 0.717) is 6.42 Å². The minimum atomic E-state index is -0.0265. The van der Waals surface area contributed by atoms with Crippen LogP contribution in [0, 0.1) is 0 Å². The average molecular weight is 327 g/mol. The molecule has 0 bridgehead atoms. The van der Waals surface area contributed by atoms with Crippen LogP contribution in [0.1, 0.15) is 124 Å². The monoisotopic (exact) mass is 326 g/mol. The molecule has 1 atom stereocenters. The van der Waals surface area contributed by atoms with Crippen LogP contribution < -0.4 is 0 Å². The fourth-order valence-electron chi connectivity index (χ4n) is 3.01. The van der Waals surface area contributed by atoms with E-state index in [2.05, 4.69) is 13.8 Å². The normalized spacial score (nSPS) is 12.3. The molecule has 2 heteroatoms. The Balaban J connectivity index is 3.67. The summed E-state index contributed by atoms with van der Waals surface area (Å²) in [7, 11) is 0. The van der Waals surface area contributed by atoms with Gasteiger partial charge in [-0.1, -0.05) is 91.4 Å². The number of carbonyl (C=O) groups is 1. The Hall–Kier alpha value is -0.530. The molecule has 0 amide bonds. The maximum atomic E-state index is 11.5. The fraction of sp³-hybridized carbons (Fsp3) is 0.952. The van der Waals surface area contributed by atoms with Gasteiger partial charge in [-0.3, -0.25) is 4.79 Å². The highest BCUT2D eigenvalue weighted by Crippen LogP contribution is 2.17. The molecule has 0 aliphatic heterocycles. The van der Waals surface area contributed by atoms with Gasteiger partial charge in [0, 0.05) is 6.42 Å². The van der Waals surface area contributed by atoms with Crippen LogP contribution in [0.2, 0.25) is 0 Å². The lowest BCUT2D eigenvalue weighted by Gasteiger charge is -2.17. The molecule has 0 saturated heterocycles.